The number of hydrogen-bond donors (Lipinski definition) is 1. The SMILES string of the molecule is CC1(C)c2ccccc2-c2ccc(N(c3ccc(/C=C/c4c(O)c(=O)c4=O)cc3)c3ccc4c(c3)C(C)(C)c3ccccc3-4)cc21. The van der Waals surface area contributed by atoms with E-state index in [1.807, 2.05) is 12.1 Å². The Balaban J connectivity index is 1.25. The van der Waals surface area contributed by atoms with Crippen LogP contribution in [-0.2, 0) is 10.8 Å². The zero-order chi connectivity index (χ0) is 32.0. The van der Waals surface area contributed by atoms with Crippen LogP contribution in [0.1, 0.15) is 61.1 Å². The van der Waals surface area contributed by atoms with Gasteiger partial charge >= 0.3 is 0 Å². The summed E-state index contributed by atoms with van der Waals surface area (Å²) >= 11 is 0. The molecule has 8 rings (SSSR count). The predicted molar refractivity (Wildman–Crippen MR) is 188 cm³/mol. The third kappa shape index (κ3) is 3.93. The zero-order valence-corrected chi connectivity index (χ0v) is 26.3. The molecule has 0 heterocycles. The van der Waals surface area contributed by atoms with Crippen LogP contribution in [0.25, 0.3) is 34.4 Å². The van der Waals surface area contributed by atoms with Gasteiger partial charge in [0.1, 0.15) is 0 Å². The van der Waals surface area contributed by atoms with Gasteiger partial charge in [-0.1, -0.05) is 107 Å². The lowest BCUT2D eigenvalue weighted by atomic mass is 9.82. The summed E-state index contributed by atoms with van der Waals surface area (Å²) in [5, 5.41) is 9.77. The molecule has 4 nitrogen and oxygen atoms in total. The van der Waals surface area contributed by atoms with Gasteiger partial charge in [-0.15, -0.1) is 0 Å². The van der Waals surface area contributed by atoms with Crippen LogP contribution in [0.2, 0.25) is 0 Å². The fourth-order valence-corrected chi connectivity index (χ4v) is 7.58. The lowest BCUT2D eigenvalue weighted by Crippen LogP contribution is -2.32. The van der Waals surface area contributed by atoms with E-state index in [1.165, 1.54) is 50.6 Å². The molecule has 6 aromatic carbocycles. The highest BCUT2D eigenvalue weighted by molar-refractivity contribution is 5.88. The van der Waals surface area contributed by atoms with Gasteiger partial charge in [0.2, 0.25) is 5.43 Å². The highest BCUT2D eigenvalue weighted by Crippen LogP contribution is 2.53. The molecule has 0 radical (unpaired) electrons. The van der Waals surface area contributed by atoms with Crippen LogP contribution in [-0.4, -0.2) is 5.11 Å². The van der Waals surface area contributed by atoms with Crippen molar-refractivity contribution in [3.63, 3.8) is 0 Å². The number of aromatic hydroxyl groups is 1. The lowest BCUT2D eigenvalue weighted by molar-refractivity contribution is 0.461. The van der Waals surface area contributed by atoms with Gasteiger partial charge in [0, 0.05) is 27.9 Å². The molecule has 2 aliphatic rings. The second-order valence-electron chi connectivity index (χ2n) is 13.5. The van der Waals surface area contributed by atoms with Crippen LogP contribution in [0, 0.1) is 0 Å². The standard InChI is InChI=1S/C42H33NO3/c1-41(2)34-11-7-5-9-29(34)31-21-18-27(23-36(31)41)43(26-16-13-25(14-17-26)15-20-33-38(44)40(46)39(33)45)28-19-22-32-30-10-6-8-12-35(30)42(3,4)37(32)24-28/h5-24,44H,1-4H3/b20-15+. The maximum Gasteiger partial charge on any atom is 0.268 e. The first-order valence-corrected chi connectivity index (χ1v) is 15.7. The summed E-state index contributed by atoms with van der Waals surface area (Å²) in [6.07, 6.45) is 3.25. The average molecular weight is 600 g/mol. The average Bonchev–Trinajstić information content (AvgIpc) is 3.45. The number of hydrogen-bond acceptors (Lipinski definition) is 4. The smallest absolute Gasteiger partial charge is 0.268 e. The van der Waals surface area contributed by atoms with E-state index in [0.29, 0.717) is 0 Å². The molecular weight excluding hydrogens is 566 g/mol. The van der Waals surface area contributed by atoms with Gasteiger partial charge < -0.3 is 10.0 Å². The summed E-state index contributed by atoms with van der Waals surface area (Å²) < 4.78 is 0. The van der Waals surface area contributed by atoms with Crippen LogP contribution in [0.4, 0.5) is 17.1 Å². The van der Waals surface area contributed by atoms with Crippen molar-refractivity contribution in [3.8, 4) is 28.0 Å². The Morgan fingerprint density at radius 2 is 0.978 bits per heavy atom. The summed E-state index contributed by atoms with van der Waals surface area (Å²) in [6.45, 7) is 9.21. The molecule has 46 heavy (non-hydrogen) atoms. The minimum Gasteiger partial charge on any atom is -0.504 e. The fraction of sp³-hybridized carbons (Fsp3) is 0.143. The Bertz CT molecular complexity index is 2210. The van der Waals surface area contributed by atoms with Gasteiger partial charge in [-0.3, -0.25) is 9.59 Å². The molecule has 0 aromatic heterocycles. The van der Waals surface area contributed by atoms with Crippen LogP contribution in [0.5, 0.6) is 5.75 Å². The molecule has 224 valence electrons. The predicted octanol–water partition coefficient (Wildman–Crippen LogP) is 9.24. The van der Waals surface area contributed by atoms with Crippen molar-refractivity contribution >= 4 is 29.2 Å². The molecular formula is C42H33NO3. The summed E-state index contributed by atoms with van der Waals surface area (Å²) in [5.41, 5.74) is 12.7. The fourth-order valence-electron chi connectivity index (χ4n) is 7.58. The van der Waals surface area contributed by atoms with Crippen molar-refractivity contribution < 1.29 is 5.11 Å². The van der Waals surface area contributed by atoms with E-state index in [2.05, 4.69) is 130 Å². The van der Waals surface area contributed by atoms with Crippen LogP contribution in [0.15, 0.2) is 119 Å². The Hall–Kier alpha value is -5.48. The second-order valence-corrected chi connectivity index (χ2v) is 13.5. The van der Waals surface area contributed by atoms with E-state index >= 15 is 0 Å². The molecule has 2 aliphatic carbocycles. The van der Waals surface area contributed by atoms with Gasteiger partial charge in [-0.05, 0) is 92.5 Å². The Kier molecular flexibility index (Phi) is 5.95. The number of benzene rings is 5. The molecule has 4 heteroatoms. The molecule has 0 amide bonds. The van der Waals surface area contributed by atoms with E-state index < -0.39 is 16.6 Å². The normalized spacial score (nSPS) is 15.0. The van der Waals surface area contributed by atoms with Crippen molar-refractivity contribution in [3.05, 3.63) is 163 Å². The Labute approximate surface area is 268 Å². The quantitative estimate of drug-likeness (QED) is 0.201. The highest BCUT2D eigenvalue weighted by atomic mass is 16.3. The molecule has 0 bridgehead atoms. The summed E-state index contributed by atoms with van der Waals surface area (Å²) in [4.78, 5) is 25.6. The zero-order valence-electron chi connectivity index (χ0n) is 26.3. The molecule has 0 unspecified atom stereocenters. The number of fused-ring (bicyclic) bond motifs is 6. The third-order valence-corrected chi connectivity index (χ3v) is 10.2. The second kappa shape index (κ2) is 9.76. The van der Waals surface area contributed by atoms with E-state index in [9.17, 15) is 14.7 Å². The minimum atomic E-state index is -0.827. The topological polar surface area (TPSA) is 57.6 Å². The highest BCUT2D eigenvalue weighted by Gasteiger charge is 2.37. The third-order valence-electron chi connectivity index (χ3n) is 10.2. The maximum atomic E-state index is 11.8. The van der Waals surface area contributed by atoms with Crippen LogP contribution < -0.4 is 15.8 Å². The van der Waals surface area contributed by atoms with Crippen LogP contribution >= 0.6 is 0 Å². The molecule has 0 saturated carbocycles. The first-order chi connectivity index (χ1) is 22.1. The molecule has 1 N–H and O–H groups in total. The van der Waals surface area contributed by atoms with Gasteiger partial charge in [-0.2, -0.15) is 0 Å². The van der Waals surface area contributed by atoms with Gasteiger partial charge in [-0.25, -0.2) is 0 Å². The van der Waals surface area contributed by atoms with E-state index in [1.54, 1.807) is 6.08 Å². The molecule has 6 aromatic rings. The van der Waals surface area contributed by atoms with Crippen molar-refractivity contribution in [1.29, 1.82) is 0 Å². The van der Waals surface area contributed by atoms with E-state index in [0.717, 1.165) is 22.6 Å². The first-order valence-electron chi connectivity index (χ1n) is 15.7. The number of nitrogens with zero attached hydrogens (tertiary/aromatic N) is 1. The summed E-state index contributed by atoms with van der Waals surface area (Å²) in [7, 11) is 0. The Morgan fingerprint density at radius 3 is 1.48 bits per heavy atom. The van der Waals surface area contributed by atoms with Crippen molar-refractivity contribution in [2.24, 2.45) is 0 Å². The molecule has 0 saturated heterocycles. The number of anilines is 3. The number of rotatable bonds is 5. The molecule has 0 aliphatic heterocycles. The summed E-state index contributed by atoms with van der Waals surface area (Å²) in [5.74, 6) is -0.465. The molecule has 0 atom stereocenters. The van der Waals surface area contributed by atoms with Gasteiger partial charge in [0.15, 0.2) is 5.75 Å². The monoisotopic (exact) mass is 599 g/mol. The van der Waals surface area contributed by atoms with Gasteiger partial charge in [0.05, 0.1) is 5.56 Å². The van der Waals surface area contributed by atoms with Crippen molar-refractivity contribution in [1.82, 2.24) is 0 Å². The van der Waals surface area contributed by atoms with Crippen molar-refractivity contribution in [2.45, 2.75) is 38.5 Å². The minimum absolute atomic E-state index is 0.0548. The van der Waals surface area contributed by atoms with Gasteiger partial charge in [0.25, 0.3) is 5.43 Å². The van der Waals surface area contributed by atoms with E-state index in [4.69, 9.17) is 0 Å². The van der Waals surface area contributed by atoms with Crippen molar-refractivity contribution in [2.75, 3.05) is 4.90 Å². The largest absolute Gasteiger partial charge is 0.504 e. The molecule has 0 fully saturated rings. The summed E-state index contributed by atoms with van der Waals surface area (Å²) in [6, 6.07) is 39.1. The maximum absolute atomic E-state index is 11.8. The van der Waals surface area contributed by atoms with Crippen LogP contribution in [0.3, 0.4) is 0 Å². The lowest BCUT2D eigenvalue weighted by Gasteiger charge is -2.29. The van der Waals surface area contributed by atoms with E-state index in [-0.39, 0.29) is 16.4 Å². The first kappa shape index (κ1) is 28.0. The Morgan fingerprint density at radius 1 is 0.522 bits per heavy atom. The molecule has 0 spiro atoms.